The number of halogens is 3. The Kier molecular flexibility index (Phi) is 5.29. The van der Waals surface area contributed by atoms with Crippen molar-refractivity contribution < 1.29 is 27.5 Å². The van der Waals surface area contributed by atoms with Crippen molar-refractivity contribution >= 4 is 23.4 Å². The van der Waals surface area contributed by atoms with E-state index in [2.05, 4.69) is 15.6 Å². The third-order valence-electron chi connectivity index (χ3n) is 3.76. The quantitative estimate of drug-likeness (QED) is 0.752. The number of aromatic nitrogens is 1. The van der Waals surface area contributed by atoms with Crippen LogP contribution in [0.3, 0.4) is 0 Å². The first kappa shape index (κ1) is 18.7. The van der Waals surface area contributed by atoms with Crippen molar-refractivity contribution in [3.63, 3.8) is 0 Å². The van der Waals surface area contributed by atoms with Gasteiger partial charge in [-0.15, -0.1) is 0 Å². The van der Waals surface area contributed by atoms with Gasteiger partial charge in [0, 0.05) is 17.9 Å². The van der Waals surface area contributed by atoms with Crippen LogP contribution in [0.2, 0.25) is 0 Å². The Morgan fingerprint density at radius 1 is 1.11 bits per heavy atom. The number of pyridine rings is 1. The van der Waals surface area contributed by atoms with E-state index in [0.717, 1.165) is 37.1 Å². The number of carbonyl (C=O) groups excluding carboxylic acids is 2. The fourth-order valence-electron chi connectivity index (χ4n) is 2.19. The smallest absolute Gasteiger partial charge is 0.416 e. The average Bonchev–Trinajstić information content (AvgIpc) is 3.44. The monoisotopic (exact) mass is 379 g/mol. The van der Waals surface area contributed by atoms with Gasteiger partial charge in [-0.2, -0.15) is 13.2 Å². The molecule has 1 heterocycles. The number of nitrogens with one attached hydrogen (secondary N) is 2. The summed E-state index contributed by atoms with van der Waals surface area (Å²) in [5.74, 6) is -0.722. The maximum atomic E-state index is 12.5. The Bertz CT molecular complexity index is 816. The molecule has 0 radical (unpaired) electrons. The van der Waals surface area contributed by atoms with Crippen LogP contribution in [0.1, 0.15) is 28.8 Å². The molecule has 1 aliphatic rings. The highest BCUT2D eigenvalue weighted by Crippen LogP contribution is 2.29. The average molecular weight is 379 g/mol. The number of amides is 1. The second-order valence-corrected chi connectivity index (χ2v) is 6.05. The summed E-state index contributed by atoms with van der Waals surface area (Å²) in [6.07, 6.45) is -0.907. The van der Waals surface area contributed by atoms with Crippen molar-refractivity contribution in [2.45, 2.75) is 25.1 Å². The normalized spacial score (nSPS) is 13.7. The molecule has 1 aromatic carbocycles. The van der Waals surface area contributed by atoms with Crippen molar-refractivity contribution in [2.75, 3.05) is 17.2 Å². The molecule has 6 nitrogen and oxygen atoms in total. The molecule has 0 bridgehead atoms. The number of alkyl halides is 3. The zero-order valence-corrected chi connectivity index (χ0v) is 14.0. The number of esters is 1. The molecule has 0 atom stereocenters. The zero-order valence-electron chi connectivity index (χ0n) is 14.0. The van der Waals surface area contributed by atoms with E-state index < -0.39 is 30.2 Å². The van der Waals surface area contributed by atoms with E-state index in [1.165, 1.54) is 12.3 Å². The van der Waals surface area contributed by atoms with Crippen molar-refractivity contribution in [1.82, 2.24) is 4.98 Å². The maximum absolute atomic E-state index is 12.5. The highest BCUT2D eigenvalue weighted by molar-refractivity contribution is 5.95. The molecule has 9 heteroatoms. The largest absolute Gasteiger partial charge is 0.452 e. The standard InChI is InChI=1S/C18H16F3N3O3/c19-18(20,21)12-2-4-14(5-3-12)24-16(25)10-27-17(26)11-1-8-15(22-9-11)23-13-6-7-13/h1-5,8-9,13H,6-7,10H2,(H,22,23)(H,24,25). The van der Waals surface area contributed by atoms with Gasteiger partial charge in [-0.25, -0.2) is 9.78 Å². The number of benzene rings is 1. The first-order valence-electron chi connectivity index (χ1n) is 8.18. The summed E-state index contributed by atoms with van der Waals surface area (Å²) in [4.78, 5) is 27.8. The van der Waals surface area contributed by atoms with Crippen LogP contribution in [0.25, 0.3) is 0 Å². The van der Waals surface area contributed by atoms with Crippen LogP contribution in [-0.4, -0.2) is 29.5 Å². The SMILES string of the molecule is O=C(COC(=O)c1ccc(NC2CC2)nc1)Nc1ccc(C(F)(F)F)cc1. The molecule has 0 saturated heterocycles. The lowest BCUT2D eigenvalue weighted by molar-refractivity contribution is -0.137. The van der Waals surface area contributed by atoms with Crippen LogP contribution in [0, 0.1) is 0 Å². The summed E-state index contributed by atoms with van der Waals surface area (Å²) in [7, 11) is 0. The van der Waals surface area contributed by atoms with Gasteiger partial charge in [-0.1, -0.05) is 0 Å². The van der Waals surface area contributed by atoms with Gasteiger partial charge < -0.3 is 15.4 Å². The Morgan fingerprint density at radius 3 is 2.37 bits per heavy atom. The minimum Gasteiger partial charge on any atom is -0.452 e. The number of nitrogens with zero attached hydrogens (tertiary/aromatic N) is 1. The van der Waals surface area contributed by atoms with E-state index in [4.69, 9.17) is 4.74 Å². The topological polar surface area (TPSA) is 80.3 Å². The maximum Gasteiger partial charge on any atom is 0.416 e. The van der Waals surface area contributed by atoms with E-state index in [-0.39, 0.29) is 11.3 Å². The molecule has 0 unspecified atom stereocenters. The highest BCUT2D eigenvalue weighted by atomic mass is 19.4. The van der Waals surface area contributed by atoms with E-state index in [1.54, 1.807) is 6.07 Å². The van der Waals surface area contributed by atoms with Crippen LogP contribution in [0.15, 0.2) is 42.6 Å². The van der Waals surface area contributed by atoms with Gasteiger partial charge in [0.05, 0.1) is 11.1 Å². The highest BCUT2D eigenvalue weighted by Gasteiger charge is 2.30. The van der Waals surface area contributed by atoms with E-state index in [1.807, 2.05) is 0 Å². The number of anilines is 2. The van der Waals surface area contributed by atoms with Crippen LogP contribution in [0.5, 0.6) is 0 Å². The first-order valence-corrected chi connectivity index (χ1v) is 8.18. The summed E-state index contributed by atoms with van der Waals surface area (Å²) in [6.45, 7) is -0.568. The molecule has 2 N–H and O–H groups in total. The Hall–Kier alpha value is -3.10. The lowest BCUT2D eigenvalue weighted by Crippen LogP contribution is -2.21. The summed E-state index contributed by atoms with van der Waals surface area (Å²) in [5, 5.41) is 5.53. The van der Waals surface area contributed by atoms with Crippen LogP contribution < -0.4 is 10.6 Å². The minimum absolute atomic E-state index is 0.168. The molecule has 3 rings (SSSR count). The van der Waals surface area contributed by atoms with Gasteiger partial charge in [0.1, 0.15) is 5.82 Å². The molecular formula is C18H16F3N3O3. The van der Waals surface area contributed by atoms with Gasteiger partial charge in [0.2, 0.25) is 0 Å². The predicted molar refractivity (Wildman–Crippen MR) is 91.2 cm³/mol. The number of carbonyl (C=O) groups is 2. The Labute approximate surface area is 152 Å². The van der Waals surface area contributed by atoms with Crippen molar-refractivity contribution in [1.29, 1.82) is 0 Å². The third-order valence-corrected chi connectivity index (χ3v) is 3.76. The van der Waals surface area contributed by atoms with E-state index >= 15 is 0 Å². The van der Waals surface area contributed by atoms with Crippen molar-refractivity contribution in [3.8, 4) is 0 Å². The number of hydrogen-bond acceptors (Lipinski definition) is 5. The van der Waals surface area contributed by atoms with Crippen molar-refractivity contribution in [3.05, 3.63) is 53.7 Å². The molecule has 1 fully saturated rings. The predicted octanol–water partition coefficient (Wildman–Crippen LogP) is 3.47. The molecular weight excluding hydrogens is 363 g/mol. The Morgan fingerprint density at radius 2 is 1.81 bits per heavy atom. The third kappa shape index (κ3) is 5.44. The summed E-state index contributed by atoms with van der Waals surface area (Å²) in [5.41, 5.74) is -0.459. The van der Waals surface area contributed by atoms with Gasteiger partial charge in [-0.3, -0.25) is 4.79 Å². The number of rotatable bonds is 6. The Balaban J connectivity index is 1.47. The molecule has 142 valence electrons. The molecule has 2 aromatic rings. The van der Waals surface area contributed by atoms with Gasteiger partial charge in [0.25, 0.3) is 5.91 Å². The molecule has 1 saturated carbocycles. The molecule has 27 heavy (non-hydrogen) atoms. The van der Waals surface area contributed by atoms with Gasteiger partial charge in [-0.05, 0) is 49.2 Å². The lowest BCUT2D eigenvalue weighted by atomic mass is 10.2. The van der Waals surface area contributed by atoms with Crippen LogP contribution in [0.4, 0.5) is 24.7 Å². The van der Waals surface area contributed by atoms with E-state index in [9.17, 15) is 22.8 Å². The molecule has 1 aliphatic carbocycles. The summed E-state index contributed by atoms with van der Waals surface area (Å²) >= 11 is 0. The molecule has 0 aliphatic heterocycles. The number of ether oxygens (including phenoxy) is 1. The molecule has 1 aromatic heterocycles. The van der Waals surface area contributed by atoms with Crippen molar-refractivity contribution in [2.24, 2.45) is 0 Å². The second-order valence-electron chi connectivity index (χ2n) is 6.05. The van der Waals surface area contributed by atoms with Gasteiger partial charge >= 0.3 is 12.1 Å². The van der Waals surface area contributed by atoms with Crippen LogP contribution >= 0.6 is 0 Å². The molecule has 1 amide bonds. The lowest BCUT2D eigenvalue weighted by Gasteiger charge is -2.09. The van der Waals surface area contributed by atoms with Gasteiger partial charge in [0.15, 0.2) is 6.61 Å². The summed E-state index contributed by atoms with van der Waals surface area (Å²) in [6, 6.07) is 7.57. The molecule has 0 spiro atoms. The second kappa shape index (κ2) is 7.65. The van der Waals surface area contributed by atoms with E-state index in [0.29, 0.717) is 11.9 Å². The fraction of sp³-hybridized carbons (Fsp3) is 0.278. The first-order chi connectivity index (χ1) is 12.8. The fourth-order valence-corrected chi connectivity index (χ4v) is 2.19. The minimum atomic E-state index is -4.45. The zero-order chi connectivity index (χ0) is 19.4. The van der Waals surface area contributed by atoms with Crippen LogP contribution in [-0.2, 0) is 15.7 Å². The summed E-state index contributed by atoms with van der Waals surface area (Å²) < 4.78 is 42.3. The number of hydrogen-bond donors (Lipinski definition) is 2.